The molecule has 24 heavy (non-hydrogen) atoms. The molecule has 5 heteroatoms. The van der Waals surface area contributed by atoms with Crippen molar-refractivity contribution in [2.24, 2.45) is 0 Å². The first-order valence-corrected chi connectivity index (χ1v) is 9.57. The third-order valence-corrected chi connectivity index (χ3v) is 5.67. The molecule has 0 unspecified atom stereocenters. The fourth-order valence-corrected chi connectivity index (χ4v) is 4.15. The summed E-state index contributed by atoms with van der Waals surface area (Å²) in [7, 11) is 0. The lowest BCUT2D eigenvalue weighted by molar-refractivity contribution is 1.34. The Morgan fingerprint density at radius 2 is 1.29 bits per heavy atom. The molecule has 0 aliphatic rings. The topological polar surface area (TPSA) is 25.8 Å². The number of thiazole rings is 2. The molecule has 0 fully saturated rings. The molecule has 2 aromatic heterocycles. The van der Waals surface area contributed by atoms with E-state index in [4.69, 9.17) is 21.6 Å². The molecule has 0 saturated heterocycles. The molecule has 0 amide bonds. The molecule has 4 rings (SSSR count). The zero-order valence-corrected chi connectivity index (χ0v) is 15.3. The highest BCUT2D eigenvalue weighted by atomic mass is 35.5. The number of hydrogen-bond donors (Lipinski definition) is 0. The van der Waals surface area contributed by atoms with Crippen molar-refractivity contribution in [3.63, 3.8) is 0 Å². The number of benzene rings is 2. The van der Waals surface area contributed by atoms with Crippen LogP contribution in [0, 0.1) is 6.92 Å². The van der Waals surface area contributed by atoms with Crippen molar-refractivity contribution in [1.82, 2.24) is 9.97 Å². The Morgan fingerprint density at radius 1 is 0.708 bits per heavy atom. The molecule has 0 radical (unpaired) electrons. The first-order valence-electron chi connectivity index (χ1n) is 7.43. The largest absolute Gasteiger partial charge is 0.234 e. The number of aromatic nitrogens is 2. The number of hydrogen-bond acceptors (Lipinski definition) is 4. The van der Waals surface area contributed by atoms with E-state index < -0.39 is 0 Å². The van der Waals surface area contributed by atoms with Crippen molar-refractivity contribution in [2.75, 3.05) is 0 Å². The minimum Gasteiger partial charge on any atom is -0.234 e. The Bertz CT molecular complexity index is 888. The standard InChI is InChI=1S/C19H13ClN2S2/c1-12-2-4-13(5-3-12)16-10-24-19(21-16)17-11-23-18(22-17)14-6-8-15(20)9-7-14/h2-11H,1H3. The van der Waals surface area contributed by atoms with Gasteiger partial charge in [-0.1, -0.05) is 53.6 Å². The summed E-state index contributed by atoms with van der Waals surface area (Å²) in [6.07, 6.45) is 0. The van der Waals surface area contributed by atoms with Gasteiger partial charge in [0.05, 0.1) is 5.69 Å². The number of aryl methyl sites for hydroxylation is 1. The van der Waals surface area contributed by atoms with Crippen LogP contribution in [0.2, 0.25) is 5.02 Å². The second-order valence-electron chi connectivity index (χ2n) is 5.45. The summed E-state index contributed by atoms with van der Waals surface area (Å²) in [6, 6.07) is 16.2. The number of halogens is 1. The van der Waals surface area contributed by atoms with Crippen LogP contribution in [0.3, 0.4) is 0 Å². The monoisotopic (exact) mass is 368 g/mol. The van der Waals surface area contributed by atoms with E-state index >= 15 is 0 Å². The van der Waals surface area contributed by atoms with Crippen molar-refractivity contribution >= 4 is 34.3 Å². The Kier molecular flexibility index (Phi) is 4.19. The Hall–Kier alpha value is -2.01. The normalized spacial score (nSPS) is 10.9. The maximum Gasteiger partial charge on any atom is 0.143 e. The van der Waals surface area contributed by atoms with E-state index in [-0.39, 0.29) is 0 Å². The van der Waals surface area contributed by atoms with Crippen LogP contribution in [-0.4, -0.2) is 9.97 Å². The van der Waals surface area contributed by atoms with Gasteiger partial charge in [0.2, 0.25) is 0 Å². The smallest absolute Gasteiger partial charge is 0.143 e. The lowest BCUT2D eigenvalue weighted by atomic mass is 10.1. The average Bonchev–Trinajstić information content (AvgIpc) is 3.25. The molecule has 0 aliphatic heterocycles. The maximum atomic E-state index is 5.95. The average molecular weight is 369 g/mol. The van der Waals surface area contributed by atoms with E-state index in [1.54, 1.807) is 22.7 Å². The first-order chi connectivity index (χ1) is 11.7. The van der Waals surface area contributed by atoms with Crippen molar-refractivity contribution < 1.29 is 0 Å². The van der Waals surface area contributed by atoms with Gasteiger partial charge < -0.3 is 0 Å². The van der Waals surface area contributed by atoms with Gasteiger partial charge >= 0.3 is 0 Å². The van der Waals surface area contributed by atoms with Crippen LogP contribution in [0.15, 0.2) is 59.3 Å². The second-order valence-corrected chi connectivity index (χ2v) is 7.60. The molecule has 0 aliphatic carbocycles. The third-order valence-electron chi connectivity index (χ3n) is 3.67. The van der Waals surface area contributed by atoms with Crippen LogP contribution in [0.4, 0.5) is 0 Å². The molecule has 0 N–H and O–H groups in total. The Balaban J connectivity index is 1.63. The van der Waals surface area contributed by atoms with Gasteiger partial charge in [-0.25, -0.2) is 9.97 Å². The van der Waals surface area contributed by atoms with E-state index in [0.29, 0.717) is 0 Å². The Morgan fingerprint density at radius 3 is 2.04 bits per heavy atom. The summed E-state index contributed by atoms with van der Waals surface area (Å²) < 4.78 is 0. The second kappa shape index (κ2) is 6.48. The molecular weight excluding hydrogens is 356 g/mol. The van der Waals surface area contributed by atoms with E-state index in [1.807, 2.05) is 24.3 Å². The van der Waals surface area contributed by atoms with Crippen LogP contribution < -0.4 is 0 Å². The van der Waals surface area contributed by atoms with Crippen LogP contribution in [0.1, 0.15) is 5.56 Å². The third kappa shape index (κ3) is 3.13. The van der Waals surface area contributed by atoms with Crippen LogP contribution in [0.5, 0.6) is 0 Å². The molecule has 2 nitrogen and oxygen atoms in total. The zero-order valence-electron chi connectivity index (χ0n) is 12.9. The summed E-state index contributed by atoms with van der Waals surface area (Å²) in [5.41, 5.74) is 5.38. The summed E-state index contributed by atoms with van der Waals surface area (Å²) in [5.74, 6) is 0. The van der Waals surface area contributed by atoms with E-state index in [9.17, 15) is 0 Å². The van der Waals surface area contributed by atoms with Gasteiger partial charge in [-0.2, -0.15) is 0 Å². The predicted molar refractivity (Wildman–Crippen MR) is 104 cm³/mol. The molecule has 0 atom stereocenters. The van der Waals surface area contributed by atoms with Gasteiger partial charge in [-0.15, -0.1) is 22.7 Å². The molecular formula is C19H13ClN2S2. The van der Waals surface area contributed by atoms with Crippen LogP contribution in [-0.2, 0) is 0 Å². The SMILES string of the molecule is Cc1ccc(-c2csc(-c3csc(-c4ccc(Cl)cc4)n3)n2)cc1. The maximum absolute atomic E-state index is 5.95. The molecule has 0 spiro atoms. The van der Waals surface area contributed by atoms with Gasteiger partial charge in [0.25, 0.3) is 0 Å². The molecule has 0 bridgehead atoms. The van der Waals surface area contributed by atoms with Gasteiger partial charge in [0.1, 0.15) is 15.7 Å². The van der Waals surface area contributed by atoms with Crippen molar-refractivity contribution in [3.05, 3.63) is 69.9 Å². The summed E-state index contributed by atoms with van der Waals surface area (Å²) in [6.45, 7) is 2.09. The molecule has 118 valence electrons. The van der Waals surface area contributed by atoms with Crippen LogP contribution >= 0.6 is 34.3 Å². The van der Waals surface area contributed by atoms with Crippen molar-refractivity contribution in [3.8, 4) is 32.5 Å². The quantitative estimate of drug-likeness (QED) is 0.409. The minimum atomic E-state index is 0.734. The summed E-state index contributed by atoms with van der Waals surface area (Å²) in [4.78, 5) is 9.47. The predicted octanol–water partition coefficient (Wildman–Crippen LogP) is 6.56. The highest BCUT2D eigenvalue weighted by Gasteiger charge is 2.11. The number of nitrogens with zero attached hydrogens (tertiary/aromatic N) is 2. The molecule has 2 aromatic carbocycles. The van der Waals surface area contributed by atoms with Gasteiger partial charge in [0.15, 0.2) is 0 Å². The number of rotatable bonds is 3. The first kappa shape index (κ1) is 15.5. The molecule has 4 aromatic rings. The van der Waals surface area contributed by atoms with Crippen molar-refractivity contribution in [1.29, 1.82) is 0 Å². The lowest BCUT2D eigenvalue weighted by Gasteiger charge is -1.97. The highest BCUT2D eigenvalue weighted by Crippen LogP contribution is 2.33. The van der Waals surface area contributed by atoms with Crippen LogP contribution in [0.25, 0.3) is 32.5 Å². The zero-order chi connectivity index (χ0) is 16.5. The van der Waals surface area contributed by atoms with E-state index in [1.165, 1.54) is 5.56 Å². The lowest BCUT2D eigenvalue weighted by Crippen LogP contribution is -1.81. The van der Waals surface area contributed by atoms with Crippen molar-refractivity contribution in [2.45, 2.75) is 6.92 Å². The molecule has 0 saturated carbocycles. The highest BCUT2D eigenvalue weighted by molar-refractivity contribution is 7.15. The summed E-state index contributed by atoms with van der Waals surface area (Å²) in [5, 5.41) is 6.80. The van der Waals surface area contributed by atoms with E-state index in [0.717, 1.165) is 37.6 Å². The molecule has 2 heterocycles. The fraction of sp³-hybridized carbons (Fsp3) is 0.0526. The van der Waals surface area contributed by atoms with Gasteiger partial charge in [0, 0.05) is 26.9 Å². The van der Waals surface area contributed by atoms with Gasteiger partial charge in [-0.05, 0) is 19.1 Å². The van der Waals surface area contributed by atoms with E-state index in [2.05, 4.69) is 41.9 Å². The fourth-order valence-electron chi connectivity index (χ4n) is 2.35. The summed E-state index contributed by atoms with van der Waals surface area (Å²) >= 11 is 9.19. The van der Waals surface area contributed by atoms with Gasteiger partial charge in [-0.3, -0.25) is 0 Å². The minimum absolute atomic E-state index is 0.734. The Labute approximate surface area is 153 Å².